The normalized spacial score (nSPS) is 14.0. The van der Waals surface area contributed by atoms with Gasteiger partial charge < -0.3 is 20.0 Å². The van der Waals surface area contributed by atoms with Crippen LogP contribution in [0.25, 0.3) is 27.4 Å². The predicted molar refractivity (Wildman–Crippen MR) is 110 cm³/mol. The molecule has 1 saturated carbocycles. The lowest BCUT2D eigenvalue weighted by molar-refractivity contribution is 0.0695. The highest BCUT2D eigenvalue weighted by Gasteiger charge is 2.32. The number of nitrogens with two attached hydrogens (primary N) is 1. The van der Waals surface area contributed by atoms with Crippen molar-refractivity contribution in [2.45, 2.75) is 18.9 Å². The van der Waals surface area contributed by atoms with Gasteiger partial charge in [-0.1, -0.05) is 17.7 Å². The zero-order chi connectivity index (χ0) is 21.3. The van der Waals surface area contributed by atoms with Gasteiger partial charge in [-0.3, -0.25) is 4.79 Å². The first-order chi connectivity index (χ1) is 14.3. The van der Waals surface area contributed by atoms with Crippen LogP contribution in [0, 0.1) is 11.6 Å². The number of carboxylic acids is 1. The fourth-order valence-corrected chi connectivity index (χ4v) is 3.99. The third kappa shape index (κ3) is 2.60. The van der Waals surface area contributed by atoms with Crippen LogP contribution >= 0.6 is 11.6 Å². The Balaban J connectivity index is 1.90. The van der Waals surface area contributed by atoms with E-state index in [1.807, 2.05) is 0 Å². The number of hydrogen-bond donors (Lipinski definition) is 2. The van der Waals surface area contributed by atoms with E-state index in [1.54, 1.807) is 18.2 Å². The largest absolute Gasteiger partial charge is 0.477 e. The van der Waals surface area contributed by atoms with Gasteiger partial charge in [-0.2, -0.15) is 0 Å². The van der Waals surface area contributed by atoms with E-state index in [2.05, 4.69) is 0 Å². The predicted octanol–water partition coefficient (Wildman–Crippen LogP) is 4.49. The Bertz CT molecular complexity index is 1450. The highest BCUT2D eigenvalue weighted by atomic mass is 35.5. The second-order valence-corrected chi connectivity index (χ2v) is 7.80. The number of fused-ring (bicyclic) bond motifs is 2. The Morgan fingerprint density at radius 1 is 1.13 bits per heavy atom. The summed E-state index contributed by atoms with van der Waals surface area (Å²) in [7, 11) is 0. The summed E-state index contributed by atoms with van der Waals surface area (Å²) in [5, 5.41) is 10.8. The second-order valence-electron chi connectivity index (χ2n) is 7.37. The van der Waals surface area contributed by atoms with Gasteiger partial charge in [0.1, 0.15) is 11.3 Å². The third-order valence-corrected chi connectivity index (χ3v) is 5.63. The minimum absolute atomic E-state index is 0.180. The average Bonchev–Trinajstić information content (AvgIpc) is 3.45. The molecule has 0 saturated heterocycles. The average molecular weight is 430 g/mol. The summed E-state index contributed by atoms with van der Waals surface area (Å²) >= 11 is 6.00. The minimum atomic E-state index is -1.48. The highest BCUT2D eigenvalue weighted by molar-refractivity contribution is 6.31. The van der Waals surface area contributed by atoms with Gasteiger partial charge >= 0.3 is 5.97 Å². The van der Waals surface area contributed by atoms with E-state index in [4.69, 9.17) is 17.3 Å². The molecule has 1 aliphatic rings. The number of carbonyl (C=O) groups is 1. The van der Waals surface area contributed by atoms with Crippen molar-refractivity contribution in [1.29, 1.82) is 0 Å². The van der Waals surface area contributed by atoms with E-state index in [0.29, 0.717) is 28.6 Å². The third-order valence-electron chi connectivity index (χ3n) is 5.40. The molecule has 0 atom stereocenters. The zero-order valence-electron chi connectivity index (χ0n) is 15.3. The van der Waals surface area contributed by atoms with Gasteiger partial charge in [0.25, 0.3) is 0 Å². The van der Waals surface area contributed by atoms with Gasteiger partial charge in [-0.25, -0.2) is 13.6 Å². The van der Waals surface area contributed by atoms with E-state index in [9.17, 15) is 14.7 Å². The smallest absolute Gasteiger partial charge is 0.341 e. The number of hydrogen-bond acceptors (Lipinski definition) is 3. The lowest BCUT2D eigenvalue weighted by Gasteiger charge is -2.17. The van der Waals surface area contributed by atoms with Crippen LogP contribution in [0.1, 0.15) is 29.2 Å². The van der Waals surface area contributed by atoms with Crippen molar-refractivity contribution >= 4 is 44.9 Å². The van der Waals surface area contributed by atoms with Gasteiger partial charge in [-0.05, 0) is 30.4 Å². The van der Waals surface area contributed by atoms with Gasteiger partial charge in [0.05, 0.1) is 16.6 Å². The fourth-order valence-electron chi connectivity index (χ4n) is 3.81. The van der Waals surface area contributed by atoms with Crippen LogP contribution in [-0.4, -0.2) is 20.2 Å². The maximum absolute atomic E-state index is 15.7. The number of pyridine rings is 1. The first-order valence-electron chi connectivity index (χ1n) is 9.14. The van der Waals surface area contributed by atoms with E-state index < -0.39 is 45.4 Å². The van der Waals surface area contributed by atoms with Crippen molar-refractivity contribution in [1.82, 2.24) is 9.13 Å². The summed E-state index contributed by atoms with van der Waals surface area (Å²) in [6.07, 6.45) is 5.54. The van der Waals surface area contributed by atoms with Crippen molar-refractivity contribution in [3.05, 3.63) is 69.2 Å². The minimum Gasteiger partial charge on any atom is -0.477 e. The molecule has 2 aromatic heterocycles. The van der Waals surface area contributed by atoms with Crippen molar-refractivity contribution in [2.24, 2.45) is 0 Å². The molecule has 1 aliphatic carbocycles. The van der Waals surface area contributed by atoms with Crippen LogP contribution in [-0.2, 0) is 0 Å². The summed E-state index contributed by atoms with van der Waals surface area (Å²) in [5.41, 5.74) is 3.11. The Morgan fingerprint density at radius 2 is 1.83 bits per heavy atom. The zero-order valence-corrected chi connectivity index (χ0v) is 16.1. The molecule has 3 N–H and O–H groups in total. The molecule has 30 heavy (non-hydrogen) atoms. The van der Waals surface area contributed by atoms with Crippen LogP contribution in [0.4, 0.5) is 14.5 Å². The summed E-state index contributed by atoms with van der Waals surface area (Å²) in [4.78, 5) is 24.2. The number of halogens is 3. The fraction of sp³-hybridized carbons (Fsp3) is 0.143. The SMILES string of the molecule is Nc1c(F)c(-n2cc3ccc(Cl)cc3c2)c(F)c2c1c(=O)c(C(=O)O)cn2C1CC1. The molecule has 4 aromatic rings. The molecule has 5 rings (SSSR count). The van der Waals surface area contributed by atoms with Gasteiger partial charge in [-0.15, -0.1) is 0 Å². The first kappa shape index (κ1) is 18.6. The molecule has 0 aliphatic heterocycles. The van der Waals surface area contributed by atoms with Crippen LogP contribution in [0.5, 0.6) is 0 Å². The van der Waals surface area contributed by atoms with E-state index >= 15 is 8.78 Å². The maximum atomic E-state index is 15.7. The molecule has 2 aromatic carbocycles. The molecular formula is C21H14ClF2N3O3. The lowest BCUT2D eigenvalue weighted by Crippen LogP contribution is -2.22. The maximum Gasteiger partial charge on any atom is 0.341 e. The van der Waals surface area contributed by atoms with Gasteiger partial charge in [0.15, 0.2) is 11.6 Å². The summed E-state index contributed by atoms with van der Waals surface area (Å²) < 4.78 is 33.6. The molecule has 6 nitrogen and oxygen atoms in total. The van der Waals surface area contributed by atoms with Gasteiger partial charge in [0, 0.05) is 35.0 Å². The highest BCUT2D eigenvalue weighted by Crippen LogP contribution is 2.40. The standard InChI is InChI=1S/C21H14ClF2N3O3/c22-11-2-1-9-6-26(7-10(9)5-11)19-15(23)17(25)14-18(16(19)24)27(12-3-4-12)8-13(20(14)28)21(29)30/h1-2,5-8,12H,3-4,25H2,(H,29,30). The molecule has 0 radical (unpaired) electrons. The molecule has 0 bridgehead atoms. The monoisotopic (exact) mass is 429 g/mol. The van der Waals surface area contributed by atoms with Crippen molar-refractivity contribution < 1.29 is 18.7 Å². The Kier molecular flexibility index (Phi) is 3.91. The van der Waals surface area contributed by atoms with Crippen LogP contribution in [0.15, 0.2) is 41.6 Å². The number of nitrogen functional groups attached to an aromatic ring is 1. The summed E-state index contributed by atoms with van der Waals surface area (Å²) in [6, 6.07) is 4.86. The van der Waals surface area contributed by atoms with Crippen LogP contribution in [0.2, 0.25) is 5.02 Å². The van der Waals surface area contributed by atoms with Crippen LogP contribution in [0.3, 0.4) is 0 Å². The van der Waals surface area contributed by atoms with E-state index in [-0.39, 0.29) is 11.6 Å². The van der Waals surface area contributed by atoms with Gasteiger partial charge in [0.2, 0.25) is 5.43 Å². The lowest BCUT2D eigenvalue weighted by atomic mass is 10.1. The number of nitrogens with zero attached hydrogens (tertiary/aromatic N) is 2. The van der Waals surface area contributed by atoms with Crippen molar-refractivity contribution in [3.63, 3.8) is 0 Å². The molecular weight excluding hydrogens is 416 g/mol. The van der Waals surface area contributed by atoms with Crippen molar-refractivity contribution in [2.75, 3.05) is 5.73 Å². The molecule has 2 heterocycles. The second kappa shape index (κ2) is 6.30. The number of anilines is 1. The first-order valence-corrected chi connectivity index (χ1v) is 9.52. The van der Waals surface area contributed by atoms with Crippen molar-refractivity contribution in [3.8, 4) is 5.69 Å². The Labute approximate surface area is 172 Å². The number of carboxylic acid groups (broad SMARTS) is 1. The number of benzene rings is 2. The summed E-state index contributed by atoms with van der Waals surface area (Å²) in [5.74, 6) is -3.59. The van der Waals surface area contributed by atoms with E-state index in [0.717, 1.165) is 6.20 Å². The number of aromatic carboxylic acids is 1. The molecule has 152 valence electrons. The van der Waals surface area contributed by atoms with Crippen LogP contribution < -0.4 is 11.2 Å². The topological polar surface area (TPSA) is 90.2 Å². The molecule has 0 spiro atoms. The number of rotatable bonds is 3. The molecule has 9 heteroatoms. The molecule has 1 fully saturated rings. The Hall–Kier alpha value is -3.39. The van der Waals surface area contributed by atoms with E-state index in [1.165, 1.54) is 21.5 Å². The quantitative estimate of drug-likeness (QED) is 0.469. The summed E-state index contributed by atoms with van der Waals surface area (Å²) in [6.45, 7) is 0. The molecule has 0 unspecified atom stereocenters. The molecule has 0 amide bonds. The Morgan fingerprint density at radius 3 is 2.50 bits per heavy atom. The number of aromatic nitrogens is 2.